The molecule has 1 saturated carbocycles. The van der Waals surface area contributed by atoms with Crippen molar-refractivity contribution in [3.8, 4) is 11.5 Å². The van der Waals surface area contributed by atoms with Gasteiger partial charge in [-0.2, -0.15) is 4.39 Å². The summed E-state index contributed by atoms with van der Waals surface area (Å²) in [6.45, 7) is 1.68. The summed E-state index contributed by atoms with van der Waals surface area (Å²) >= 11 is 6.49. The summed E-state index contributed by atoms with van der Waals surface area (Å²) in [4.78, 5) is 6.68. The third kappa shape index (κ3) is 4.60. The summed E-state index contributed by atoms with van der Waals surface area (Å²) in [6, 6.07) is 9.15. The van der Waals surface area contributed by atoms with Gasteiger partial charge in [0.05, 0.1) is 26.5 Å². The first-order chi connectivity index (χ1) is 20.5. The van der Waals surface area contributed by atoms with Gasteiger partial charge in [-0.25, -0.2) is 26.5 Å². The number of ether oxygens (including phenoxy) is 2. The van der Waals surface area contributed by atoms with Crippen LogP contribution in [0.5, 0.6) is 11.5 Å². The molecular formula is C30H32ClF3N4O4S. The Morgan fingerprint density at radius 2 is 1.81 bits per heavy atom. The predicted molar refractivity (Wildman–Crippen MR) is 157 cm³/mol. The lowest BCUT2D eigenvalue weighted by Gasteiger charge is -2.68. The molecule has 2 aliphatic heterocycles. The Morgan fingerprint density at radius 1 is 1.02 bits per heavy atom. The number of benzene rings is 2. The molecule has 3 aliphatic rings. The van der Waals surface area contributed by atoms with Crippen LogP contribution in [-0.4, -0.2) is 64.7 Å². The number of pyridine rings is 1. The van der Waals surface area contributed by atoms with Crippen LogP contribution in [-0.2, 0) is 16.6 Å². The number of aromatic nitrogens is 1. The third-order valence-electron chi connectivity index (χ3n) is 9.70. The van der Waals surface area contributed by atoms with E-state index < -0.39 is 44.1 Å². The second-order valence-electron chi connectivity index (χ2n) is 11.5. The second-order valence-corrected chi connectivity index (χ2v) is 13.7. The molecule has 6 rings (SSSR count). The van der Waals surface area contributed by atoms with Gasteiger partial charge >= 0.3 is 0 Å². The number of hydrogen-bond donors (Lipinski definition) is 0. The molecule has 3 fully saturated rings. The number of rotatable bonds is 8. The fourth-order valence-electron chi connectivity index (χ4n) is 7.13. The van der Waals surface area contributed by atoms with Gasteiger partial charge in [0.15, 0.2) is 10.7 Å². The molecule has 0 amide bonds. The molecule has 1 aliphatic carbocycles. The van der Waals surface area contributed by atoms with E-state index in [9.17, 15) is 12.8 Å². The lowest BCUT2D eigenvalue weighted by Crippen LogP contribution is -2.73. The van der Waals surface area contributed by atoms with Crippen molar-refractivity contribution in [1.82, 2.24) is 9.88 Å². The van der Waals surface area contributed by atoms with Crippen molar-refractivity contribution in [1.29, 1.82) is 0 Å². The molecule has 2 aromatic carbocycles. The summed E-state index contributed by atoms with van der Waals surface area (Å²) in [6.07, 6.45) is 4.06. The van der Waals surface area contributed by atoms with Crippen LogP contribution in [0.3, 0.4) is 0 Å². The molecule has 3 aromatic rings. The van der Waals surface area contributed by atoms with Gasteiger partial charge in [0.2, 0.25) is 5.95 Å². The minimum Gasteiger partial charge on any atom is -0.497 e. The van der Waals surface area contributed by atoms with Gasteiger partial charge in [-0.15, -0.1) is 0 Å². The first-order valence-electron chi connectivity index (χ1n) is 14.0. The topological polar surface area (TPSA) is 75.2 Å². The molecule has 0 bridgehead atoms. The van der Waals surface area contributed by atoms with Crippen molar-refractivity contribution in [2.24, 2.45) is 5.41 Å². The molecule has 0 radical (unpaired) electrons. The van der Waals surface area contributed by atoms with Crippen LogP contribution >= 0.6 is 11.6 Å². The number of sulfonamides is 1. The molecule has 1 unspecified atom stereocenters. The normalized spacial score (nSPS) is 23.4. The van der Waals surface area contributed by atoms with Crippen molar-refractivity contribution in [3.63, 3.8) is 0 Å². The van der Waals surface area contributed by atoms with Crippen molar-refractivity contribution in [2.45, 2.75) is 42.7 Å². The summed E-state index contributed by atoms with van der Waals surface area (Å²) < 4.78 is 85.5. The zero-order valence-corrected chi connectivity index (χ0v) is 25.6. The van der Waals surface area contributed by atoms with E-state index in [0.29, 0.717) is 28.7 Å². The minimum atomic E-state index is -5.01. The Kier molecular flexibility index (Phi) is 7.45. The Morgan fingerprint density at radius 3 is 2.42 bits per heavy atom. The van der Waals surface area contributed by atoms with E-state index >= 15 is 8.78 Å². The van der Waals surface area contributed by atoms with E-state index in [0.717, 1.165) is 44.4 Å². The number of nitrogens with zero attached hydrogens (tertiary/aromatic N) is 4. The quantitative estimate of drug-likeness (QED) is 0.234. The molecule has 13 heteroatoms. The lowest BCUT2D eigenvalue weighted by molar-refractivity contribution is -0.162. The smallest absolute Gasteiger partial charge is 0.271 e. The largest absolute Gasteiger partial charge is 0.497 e. The Labute approximate surface area is 254 Å². The first-order valence-corrected chi connectivity index (χ1v) is 15.8. The third-order valence-corrected chi connectivity index (χ3v) is 11.8. The zero-order chi connectivity index (χ0) is 30.7. The highest BCUT2D eigenvalue weighted by molar-refractivity contribution is 7.92. The minimum absolute atomic E-state index is 0.0122. The maximum atomic E-state index is 16.0. The van der Waals surface area contributed by atoms with Crippen LogP contribution in [0.25, 0.3) is 0 Å². The highest BCUT2D eigenvalue weighted by Crippen LogP contribution is 2.63. The van der Waals surface area contributed by atoms with Gasteiger partial charge in [0, 0.05) is 48.3 Å². The van der Waals surface area contributed by atoms with Crippen LogP contribution in [0.2, 0.25) is 5.02 Å². The molecule has 230 valence electrons. The van der Waals surface area contributed by atoms with E-state index in [4.69, 9.17) is 21.1 Å². The average Bonchev–Trinajstić information content (AvgIpc) is 3.44. The average molecular weight is 637 g/mol. The van der Waals surface area contributed by atoms with Crippen molar-refractivity contribution in [2.75, 3.05) is 50.1 Å². The van der Waals surface area contributed by atoms with Crippen molar-refractivity contribution >= 4 is 33.1 Å². The van der Waals surface area contributed by atoms with E-state index in [-0.39, 0.29) is 28.2 Å². The molecular weight excluding hydrogens is 605 g/mol. The molecule has 2 atom stereocenters. The summed E-state index contributed by atoms with van der Waals surface area (Å²) in [5.41, 5.74) is 0.552. The Balaban J connectivity index is 1.38. The molecule has 2 spiro atoms. The zero-order valence-electron chi connectivity index (χ0n) is 24.0. The van der Waals surface area contributed by atoms with Crippen molar-refractivity contribution < 1.29 is 31.1 Å². The Bertz CT molecular complexity index is 1690. The molecule has 0 N–H and O–H groups in total. The number of halogens is 4. The SMILES string of the molecule is COc1ccc(CN(c2cccc(F)n2)S(=O)(=O)c2c(F)cc(N3CC[C@@]4(CCC45CCN5C)C3)c(Cl)c2F)c(OC)c1. The van der Waals surface area contributed by atoms with Crippen LogP contribution in [0, 0.1) is 23.0 Å². The maximum absolute atomic E-state index is 16.0. The number of hydrogen-bond acceptors (Lipinski definition) is 7. The predicted octanol–water partition coefficient (Wildman–Crippen LogP) is 5.63. The lowest BCUT2D eigenvalue weighted by atomic mass is 9.49. The summed E-state index contributed by atoms with van der Waals surface area (Å²) in [7, 11) is -0.0638. The monoisotopic (exact) mass is 636 g/mol. The highest BCUT2D eigenvalue weighted by Gasteiger charge is 2.66. The highest BCUT2D eigenvalue weighted by atomic mass is 35.5. The van der Waals surface area contributed by atoms with Gasteiger partial charge in [-0.3, -0.25) is 4.90 Å². The van der Waals surface area contributed by atoms with Crippen LogP contribution in [0.1, 0.15) is 31.2 Å². The fourth-order valence-corrected chi connectivity index (χ4v) is 8.96. The standard InChI is InChI=1S/C30H32ClF3N4O4S/c1-36-13-12-30(36)10-9-29(30)11-14-37(18-29)22-16-21(32)28(27(34)26(22)31)43(39,40)38(25-6-4-5-24(33)35-25)17-19-7-8-20(41-2)15-23(19)42-3/h4-8,15-16H,9-14,17-18H2,1-3H3/t29-,30?/m0/s1. The summed E-state index contributed by atoms with van der Waals surface area (Å²) in [5, 5.41) is -0.485. The second kappa shape index (κ2) is 10.7. The first kappa shape index (κ1) is 29.8. The number of anilines is 2. The Hall–Kier alpha value is -3.22. The van der Waals surface area contributed by atoms with Gasteiger partial charge < -0.3 is 14.4 Å². The van der Waals surface area contributed by atoms with E-state index in [2.05, 4.69) is 16.9 Å². The summed E-state index contributed by atoms with van der Waals surface area (Å²) in [5.74, 6) is -3.37. The van der Waals surface area contributed by atoms with E-state index in [1.165, 1.54) is 38.5 Å². The number of methoxy groups -OCH3 is 2. The van der Waals surface area contributed by atoms with Gasteiger partial charge in [-0.05, 0) is 57.0 Å². The molecule has 43 heavy (non-hydrogen) atoms. The fraction of sp³-hybridized carbons (Fsp3) is 0.433. The molecule has 1 aromatic heterocycles. The van der Waals surface area contributed by atoms with Crippen molar-refractivity contribution in [3.05, 3.63) is 70.6 Å². The maximum Gasteiger partial charge on any atom is 0.271 e. The van der Waals surface area contributed by atoms with Gasteiger partial charge in [0.1, 0.15) is 28.2 Å². The number of likely N-dealkylation sites (tertiary alicyclic amines) is 1. The molecule has 8 nitrogen and oxygen atoms in total. The van der Waals surface area contributed by atoms with E-state index in [1.54, 1.807) is 6.07 Å². The molecule has 2 saturated heterocycles. The van der Waals surface area contributed by atoms with E-state index in [1.807, 2.05) is 4.90 Å². The van der Waals surface area contributed by atoms with Gasteiger partial charge in [-0.1, -0.05) is 17.7 Å². The number of fused-ring (bicyclic) bond motifs is 1. The molecule has 3 heterocycles. The van der Waals surface area contributed by atoms with Gasteiger partial charge in [0.25, 0.3) is 10.0 Å². The van der Waals surface area contributed by atoms with Crippen LogP contribution in [0.4, 0.5) is 24.7 Å². The van der Waals surface area contributed by atoms with Crippen LogP contribution < -0.4 is 18.7 Å². The van der Waals surface area contributed by atoms with Crippen LogP contribution in [0.15, 0.2) is 47.4 Å².